The van der Waals surface area contributed by atoms with Crippen molar-refractivity contribution in [3.05, 3.63) is 64.7 Å². The molecule has 0 saturated heterocycles. The van der Waals surface area contributed by atoms with E-state index in [-0.39, 0.29) is 5.69 Å². The topological polar surface area (TPSA) is 113 Å². The van der Waals surface area contributed by atoms with Crippen LogP contribution in [0.25, 0.3) is 10.8 Å². The maximum atomic E-state index is 11.4. The number of nitro groups is 1. The van der Waals surface area contributed by atoms with Crippen molar-refractivity contribution in [3.63, 3.8) is 0 Å². The Labute approximate surface area is 213 Å². The number of hydrogen-bond acceptors (Lipinski definition) is 8. The lowest BCUT2D eigenvalue weighted by Crippen LogP contribution is -2.19. The summed E-state index contributed by atoms with van der Waals surface area (Å²) in [5, 5.41) is 19.2. The smallest absolute Gasteiger partial charge is 0.277 e. The van der Waals surface area contributed by atoms with Gasteiger partial charge in [0.05, 0.1) is 50.0 Å². The van der Waals surface area contributed by atoms with Crippen molar-refractivity contribution in [1.29, 1.82) is 0 Å². The van der Waals surface area contributed by atoms with E-state index < -0.39 is 4.92 Å². The van der Waals surface area contributed by atoms with Crippen molar-refractivity contribution in [3.8, 4) is 11.5 Å². The van der Waals surface area contributed by atoms with Crippen LogP contribution in [-0.2, 0) is 14.2 Å². The normalized spacial score (nSPS) is 15.3. The largest absolute Gasteiger partial charge is 0.487 e. The third-order valence-electron chi connectivity index (χ3n) is 5.26. The third kappa shape index (κ3) is 7.01. The zero-order chi connectivity index (χ0) is 25.2. The quantitative estimate of drug-likeness (QED) is 0.297. The summed E-state index contributed by atoms with van der Waals surface area (Å²) < 4.78 is 28.2. The highest BCUT2D eigenvalue weighted by Crippen LogP contribution is 2.33. The number of fused-ring (bicyclic) bond motifs is 2. The molecule has 0 amide bonds. The van der Waals surface area contributed by atoms with Crippen LogP contribution in [-0.4, -0.2) is 62.9 Å². The molecule has 0 spiro atoms. The highest BCUT2D eigenvalue weighted by molar-refractivity contribution is 7.80. The standard InChI is InChI=1S/C25H27N3O7S/c29-28(30)22-7-6-21(19-3-1-2-4-20(19)22)27-25(36)26-18-5-8-23-24(17-18)35-16-14-33-12-10-31-9-11-32-13-15-34-23/h1-8,17H,9-16H2,(H2,26,27,36). The number of nitrogens with zero attached hydrogens (tertiary/aromatic N) is 1. The van der Waals surface area contributed by atoms with Gasteiger partial charge in [0.15, 0.2) is 16.6 Å². The number of benzene rings is 3. The van der Waals surface area contributed by atoms with Crippen LogP contribution in [0.2, 0.25) is 0 Å². The minimum absolute atomic E-state index is 0.0379. The Morgan fingerprint density at radius 3 is 2.03 bits per heavy atom. The molecule has 36 heavy (non-hydrogen) atoms. The van der Waals surface area contributed by atoms with E-state index in [1.54, 1.807) is 30.3 Å². The molecule has 0 saturated carbocycles. The number of nitrogens with one attached hydrogen (secondary N) is 2. The van der Waals surface area contributed by atoms with Crippen molar-refractivity contribution in [2.45, 2.75) is 0 Å². The molecule has 3 aromatic rings. The number of non-ortho nitro benzene ring substituents is 1. The molecule has 1 aliphatic rings. The summed E-state index contributed by atoms with van der Waals surface area (Å²) in [5.41, 5.74) is 1.38. The monoisotopic (exact) mass is 513 g/mol. The van der Waals surface area contributed by atoms with Gasteiger partial charge < -0.3 is 34.3 Å². The van der Waals surface area contributed by atoms with Crippen molar-refractivity contribution >= 4 is 45.2 Å². The van der Waals surface area contributed by atoms with Gasteiger partial charge in [-0.15, -0.1) is 0 Å². The van der Waals surface area contributed by atoms with Crippen LogP contribution >= 0.6 is 12.2 Å². The molecular weight excluding hydrogens is 486 g/mol. The van der Waals surface area contributed by atoms with Crippen LogP contribution in [0, 0.1) is 10.1 Å². The summed E-state index contributed by atoms with van der Waals surface area (Å²) in [6.45, 7) is 3.52. The maximum absolute atomic E-state index is 11.4. The van der Waals surface area contributed by atoms with Gasteiger partial charge in [0.25, 0.3) is 5.69 Å². The molecule has 0 unspecified atom stereocenters. The van der Waals surface area contributed by atoms with E-state index >= 15 is 0 Å². The second-order valence-electron chi connectivity index (χ2n) is 7.71. The van der Waals surface area contributed by atoms with Gasteiger partial charge in [-0.25, -0.2) is 0 Å². The average molecular weight is 514 g/mol. The molecule has 3 aromatic carbocycles. The summed E-state index contributed by atoms with van der Waals surface area (Å²) in [6, 6.07) is 15.6. The lowest BCUT2D eigenvalue weighted by molar-refractivity contribution is -0.383. The van der Waals surface area contributed by atoms with Gasteiger partial charge in [-0.05, 0) is 36.5 Å². The van der Waals surface area contributed by atoms with E-state index in [1.807, 2.05) is 18.2 Å². The Balaban J connectivity index is 1.45. The zero-order valence-electron chi connectivity index (χ0n) is 19.6. The Morgan fingerprint density at radius 1 is 0.750 bits per heavy atom. The number of anilines is 2. The minimum atomic E-state index is -0.396. The van der Waals surface area contributed by atoms with Crippen LogP contribution in [0.1, 0.15) is 0 Å². The third-order valence-corrected chi connectivity index (χ3v) is 5.47. The Hall–Kier alpha value is -3.51. The molecule has 1 aliphatic heterocycles. The van der Waals surface area contributed by atoms with Crippen molar-refractivity contribution in [2.24, 2.45) is 0 Å². The highest BCUT2D eigenvalue weighted by atomic mass is 32.1. The molecule has 190 valence electrons. The van der Waals surface area contributed by atoms with Crippen LogP contribution < -0.4 is 20.1 Å². The second-order valence-corrected chi connectivity index (χ2v) is 8.12. The van der Waals surface area contributed by atoms with E-state index in [0.717, 1.165) is 0 Å². The first-order chi connectivity index (χ1) is 17.6. The molecule has 0 radical (unpaired) electrons. The zero-order valence-corrected chi connectivity index (χ0v) is 20.4. The summed E-state index contributed by atoms with van der Waals surface area (Å²) >= 11 is 5.51. The highest BCUT2D eigenvalue weighted by Gasteiger charge is 2.15. The molecule has 4 rings (SSSR count). The first-order valence-corrected chi connectivity index (χ1v) is 11.9. The number of rotatable bonds is 3. The van der Waals surface area contributed by atoms with Crippen LogP contribution in [0.4, 0.5) is 17.1 Å². The number of nitro benzene ring substituents is 1. The van der Waals surface area contributed by atoms with Gasteiger partial charge in [0.2, 0.25) is 0 Å². The fourth-order valence-corrected chi connectivity index (χ4v) is 3.84. The maximum Gasteiger partial charge on any atom is 0.277 e. The van der Waals surface area contributed by atoms with E-state index in [4.69, 9.17) is 35.9 Å². The molecule has 0 atom stereocenters. The minimum Gasteiger partial charge on any atom is -0.487 e. The average Bonchev–Trinajstić information content (AvgIpc) is 2.88. The lowest BCUT2D eigenvalue weighted by Gasteiger charge is -2.16. The molecule has 1 heterocycles. The summed E-state index contributed by atoms with van der Waals surface area (Å²) in [6.07, 6.45) is 0. The van der Waals surface area contributed by atoms with Gasteiger partial charge in [0.1, 0.15) is 13.2 Å². The van der Waals surface area contributed by atoms with Crippen LogP contribution in [0.15, 0.2) is 54.6 Å². The lowest BCUT2D eigenvalue weighted by atomic mass is 10.1. The van der Waals surface area contributed by atoms with Gasteiger partial charge in [-0.1, -0.05) is 18.2 Å². The first-order valence-electron chi connectivity index (χ1n) is 11.5. The molecule has 0 fully saturated rings. The van der Waals surface area contributed by atoms with Crippen molar-refractivity contribution in [1.82, 2.24) is 0 Å². The van der Waals surface area contributed by atoms with Gasteiger partial charge in [-0.2, -0.15) is 0 Å². The summed E-state index contributed by atoms with van der Waals surface area (Å²) in [7, 11) is 0. The van der Waals surface area contributed by atoms with Crippen LogP contribution in [0.3, 0.4) is 0 Å². The van der Waals surface area contributed by atoms with Gasteiger partial charge in [0, 0.05) is 28.9 Å². The molecule has 0 bridgehead atoms. The first kappa shape index (κ1) is 25.6. The fourth-order valence-electron chi connectivity index (χ4n) is 3.62. The Morgan fingerprint density at radius 2 is 1.36 bits per heavy atom. The Kier molecular flexibility index (Phi) is 9.22. The van der Waals surface area contributed by atoms with Crippen molar-refractivity contribution in [2.75, 3.05) is 63.5 Å². The summed E-state index contributed by atoms with van der Waals surface area (Å²) in [5.74, 6) is 1.12. The predicted octanol–water partition coefficient (Wildman–Crippen LogP) is 4.38. The molecule has 0 aromatic heterocycles. The molecule has 11 heteroatoms. The molecule has 2 N–H and O–H groups in total. The van der Waals surface area contributed by atoms with E-state index in [0.29, 0.717) is 91.6 Å². The molecular formula is C25H27N3O7S. The number of hydrogen-bond donors (Lipinski definition) is 2. The van der Waals surface area contributed by atoms with E-state index in [9.17, 15) is 10.1 Å². The van der Waals surface area contributed by atoms with E-state index in [1.165, 1.54) is 6.07 Å². The number of ether oxygens (including phenoxy) is 5. The van der Waals surface area contributed by atoms with Gasteiger partial charge in [-0.3, -0.25) is 10.1 Å². The van der Waals surface area contributed by atoms with Crippen molar-refractivity contribution < 1.29 is 28.6 Å². The van der Waals surface area contributed by atoms with Gasteiger partial charge >= 0.3 is 0 Å². The van der Waals surface area contributed by atoms with E-state index in [2.05, 4.69) is 10.6 Å². The Bertz CT molecular complexity index is 1210. The molecule has 10 nitrogen and oxygen atoms in total. The summed E-state index contributed by atoms with van der Waals surface area (Å²) in [4.78, 5) is 11.0. The molecule has 0 aliphatic carbocycles. The SMILES string of the molecule is O=[N+]([O-])c1ccc(NC(=S)Nc2ccc3c(c2)OCCOCCOCCOCCO3)c2ccccc12. The van der Waals surface area contributed by atoms with Crippen LogP contribution in [0.5, 0.6) is 11.5 Å². The predicted molar refractivity (Wildman–Crippen MR) is 140 cm³/mol. The fraction of sp³-hybridized carbons (Fsp3) is 0.320. The second kappa shape index (κ2) is 13.0. The number of thiocarbonyl (C=S) groups is 1.